The molecular formula is C8H10ClNO4S. The Morgan fingerprint density at radius 2 is 2.20 bits per heavy atom. The molecule has 1 aromatic heterocycles. The zero-order valence-corrected chi connectivity index (χ0v) is 9.55. The van der Waals surface area contributed by atoms with Crippen LogP contribution in [-0.4, -0.2) is 36.1 Å². The Kier molecular flexibility index (Phi) is 3.41. The predicted molar refractivity (Wildman–Crippen MR) is 56.1 cm³/mol. The highest BCUT2D eigenvalue weighted by atomic mass is 35.5. The third-order valence-electron chi connectivity index (χ3n) is 1.79. The Morgan fingerprint density at radius 3 is 2.67 bits per heavy atom. The number of hydrogen-bond acceptors (Lipinski definition) is 3. The monoisotopic (exact) mass is 251 g/mol. The number of aromatic carboxylic acids is 1. The minimum absolute atomic E-state index is 0.0105. The van der Waals surface area contributed by atoms with Gasteiger partial charge < -0.3 is 9.67 Å². The average molecular weight is 252 g/mol. The lowest BCUT2D eigenvalue weighted by molar-refractivity contribution is 0.0685. The van der Waals surface area contributed by atoms with Gasteiger partial charge in [-0.25, -0.2) is 13.2 Å². The molecule has 1 N–H and O–H groups in total. The quantitative estimate of drug-likeness (QED) is 0.862. The molecule has 1 aromatic rings. The topological polar surface area (TPSA) is 76.4 Å². The van der Waals surface area contributed by atoms with Gasteiger partial charge in [0, 0.05) is 19.0 Å². The zero-order chi connectivity index (χ0) is 11.6. The average Bonchev–Trinajstić information content (AvgIpc) is 2.42. The number of hydrogen-bond donors (Lipinski definition) is 1. The van der Waals surface area contributed by atoms with Gasteiger partial charge in [-0.15, -0.1) is 0 Å². The standard InChI is InChI=1S/C8H10ClNO4S/c1-15(13,14)3-2-10-5-6(9)4-7(10)8(11)12/h4-5H,2-3H2,1H3,(H,11,12). The molecule has 0 saturated carbocycles. The first kappa shape index (κ1) is 12.1. The van der Waals surface area contributed by atoms with E-state index in [9.17, 15) is 13.2 Å². The summed E-state index contributed by atoms with van der Waals surface area (Å²) >= 11 is 5.63. The third-order valence-corrected chi connectivity index (χ3v) is 2.92. The molecule has 5 nitrogen and oxygen atoms in total. The van der Waals surface area contributed by atoms with Crippen LogP contribution < -0.4 is 0 Å². The summed E-state index contributed by atoms with van der Waals surface area (Å²) in [6.07, 6.45) is 2.49. The van der Waals surface area contributed by atoms with Crippen molar-refractivity contribution in [2.24, 2.45) is 0 Å². The van der Waals surface area contributed by atoms with Gasteiger partial charge in [-0.1, -0.05) is 11.6 Å². The summed E-state index contributed by atoms with van der Waals surface area (Å²) in [7, 11) is -3.11. The van der Waals surface area contributed by atoms with Crippen LogP contribution in [0.4, 0.5) is 0 Å². The highest BCUT2D eigenvalue weighted by Gasteiger charge is 2.13. The fraction of sp³-hybridized carbons (Fsp3) is 0.375. The molecule has 15 heavy (non-hydrogen) atoms. The second kappa shape index (κ2) is 4.24. The summed E-state index contributed by atoms with van der Waals surface area (Å²) < 4.78 is 23.1. The first-order valence-electron chi connectivity index (χ1n) is 4.06. The van der Waals surface area contributed by atoms with Crippen LogP contribution >= 0.6 is 11.6 Å². The van der Waals surface area contributed by atoms with Gasteiger partial charge in [0.15, 0.2) is 0 Å². The Balaban J connectivity index is 2.90. The maximum Gasteiger partial charge on any atom is 0.352 e. The van der Waals surface area contributed by atoms with E-state index < -0.39 is 15.8 Å². The molecular weight excluding hydrogens is 242 g/mol. The van der Waals surface area contributed by atoms with Gasteiger partial charge in [-0.05, 0) is 6.07 Å². The highest BCUT2D eigenvalue weighted by Crippen LogP contribution is 2.14. The molecule has 0 unspecified atom stereocenters. The van der Waals surface area contributed by atoms with E-state index in [1.807, 2.05) is 0 Å². The van der Waals surface area contributed by atoms with E-state index in [0.717, 1.165) is 6.26 Å². The van der Waals surface area contributed by atoms with Crippen molar-refractivity contribution >= 4 is 27.4 Å². The Morgan fingerprint density at radius 1 is 1.60 bits per heavy atom. The molecule has 0 atom stereocenters. The van der Waals surface area contributed by atoms with Gasteiger partial charge in [0.2, 0.25) is 0 Å². The lowest BCUT2D eigenvalue weighted by Gasteiger charge is -2.04. The van der Waals surface area contributed by atoms with E-state index in [0.29, 0.717) is 0 Å². The van der Waals surface area contributed by atoms with Crippen LogP contribution in [0.2, 0.25) is 5.02 Å². The van der Waals surface area contributed by atoms with Crippen LogP contribution in [-0.2, 0) is 16.4 Å². The molecule has 0 spiro atoms. The summed E-state index contributed by atoms with van der Waals surface area (Å²) in [5.41, 5.74) is -0.0105. The summed E-state index contributed by atoms with van der Waals surface area (Å²) in [5.74, 6) is -1.24. The fourth-order valence-electron chi connectivity index (χ4n) is 1.10. The molecule has 0 fully saturated rings. The number of nitrogens with zero attached hydrogens (tertiary/aromatic N) is 1. The van der Waals surface area contributed by atoms with Gasteiger partial charge in [-0.2, -0.15) is 0 Å². The molecule has 0 amide bonds. The first-order valence-corrected chi connectivity index (χ1v) is 6.50. The normalized spacial score (nSPS) is 11.6. The van der Waals surface area contributed by atoms with Crippen molar-refractivity contribution in [3.63, 3.8) is 0 Å². The van der Waals surface area contributed by atoms with Gasteiger partial charge in [0.1, 0.15) is 15.5 Å². The zero-order valence-electron chi connectivity index (χ0n) is 7.97. The summed E-state index contributed by atoms with van der Waals surface area (Å²) in [6.45, 7) is 0.0905. The maximum atomic E-state index is 10.9. The molecule has 0 aliphatic rings. The minimum Gasteiger partial charge on any atom is -0.477 e. The summed E-state index contributed by atoms with van der Waals surface area (Å²) in [5, 5.41) is 9.06. The summed E-state index contributed by atoms with van der Waals surface area (Å²) in [6, 6.07) is 1.28. The number of aromatic nitrogens is 1. The summed E-state index contributed by atoms with van der Waals surface area (Å²) in [4.78, 5) is 10.7. The van der Waals surface area contributed by atoms with Crippen molar-refractivity contribution in [1.29, 1.82) is 0 Å². The fourth-order valence-corrected chi connectivity index (χ4v) is 1.85. The van der Waals surface area contributed by atoms with Crippen molar-refractivity contribution < 1.29 is 18.3 Å². The van der Waals surface area contributed by atoms with Crippen molar-refractivity contribution in [3.8, 4) is 0 Å². The number of carboxylic acids is 1. The molecule has 0 aromatic carbocycles. The van der Waals surface area contributed by atoms with E-state index in [2.05, 4.69) is 0 Å². The Bertz CT molecular complexity index is 477. The number of carbonyl (C=O) groups is 1. The number of aryl methyl sites for hydroxylation is 1. The number of sulfone groups is 1. The van der Waals surface area contributed by atoms with E-state index in [1.165, 1.54) is 16.8 Å². The number of halogens is 1. The maximum absolute atomic E-state index is 10.9. The molecule has 7 heteroatoms. The molecule has 1 heterocycles. The van der Waals surface area contributed by atoms with Crippen molar-refractivity contribution in [2.75, 3.05) is 12.0 Å². The predicted octanol–water partition coefficient (Wildman–Crippen LogP) is 0.884. The van der Waals surface area contributed by atoms with E-state index >= 15 is 0 Å². The molecule has 0 bridgehead atoms. The van der Waals surface area contributed by atoms with Crippen molar-refractivity contribution in [3.05, 3.63) is 23.0 Å². The van der Waals surface area contributed by atoms with Gasteiger partial charge in [0.05, 0.1) is 10.8 Å². The first-order chi connectivity index (χ1) is 6.79. The van der Waals surface area contributed by atoms with Crippen LogP contribution in [0.25, 0.3) is 0 Å². The highest BCUT2D eigenvalue weighted by molar-refractivity contribution is 7.90. The molecule has 0 aliphatic carbocycles. The SMILES string of the molecule is CS(=O)(=O)CCn1cc(Cl)cc1C(=O)O. The van der Waals surface area contributed by atoms with Crippen molar-refractivity contribution in [1.82, 2.24) is 4.57 Å². The minimum atomic E-state index is -3.11. The molecule has 1 rings (SSSR count). The second-order valence-corrected chi connectivity index (χ2v) is 5.87. The van der Waals surface area contributed by atoms with Crippen molar-refractivity contribution in [2.45, 2.75) is 6.54 Å². The van der Waals surface area contributed by atoms with Gasteiger partial charge in [-0.3, -0.25) is 0 Å². The molecule has 84 valence electrons. The molecule has 0 radical (unpaired) electrons. The lowest BCUT2D eigenvalue weighted by Crippen LogP contribution is -2.14. The Hall–Kier alpha value is -1.01. The van der Waals surface area contributed by atoms with E-state index in [1.54, 1.807) is 0 Å². The largest absolute Gasteiger partial charge is 0.477 e. The van der Waals surface area contributed by atoms with Crippen LogP contribution in [0.3, 0.4) is 0 Å². The van der Waals surface area contributed by atoms with Gasteiger partial charge >= 0.3 is 5.97 Å². The van der Waals surface area contributed by atoms with Crippen LogP contribution in [0, 0.1) is 0 Å². The Labute approximate surface area is 92.2 Å². The molecule has 0 saturated heterocycles. The van der Waals surface area contributed by atoms with E-state index in [-0.39, 0.29) is 23.0 Å². The van der Waals surface area contributed by atoms with E-state index in [4.69, 9.17) is 16.7 Å². The number of rotatable bonds is 4. The smallest absolute Gasteiger partial charge is 0.352 e. The van der Waals surface area contributed by atoms with Gasteiger partial charge in [0.25, 0.3) is 0 Å². The van der Waals surface area contributed by atoms with Crippen LogP contribution in [0.15, 0.2) is 12.3 Å². The van der Waals surface area contributed by atoms with Crippen LogP contribution in [0.5, 0.6) is 0 Å². The molecule has 0 aliphatic heterocycles. The third kappa shape index (κ3) is 3.56. The second-order valence-electron chi connectivity index (χ2n) is 3.17. The number of carboxylic acid groups (broad SMARTS) is 1. The van der Waals surface area contributed by atoms with Crippen LogP contribution in [0.1, 0.15) is 10.5 Å². The lowest BCUT2D eigenvalue weighted by atomic mass is 10.4.